The van der Waals surface area contributed by atoms with Gasteiger partial charge in [0.1, 0.15) is 5.88 Å². The summed E-state index contributed by atoms with van der Waals surface area (Å²) in [5.74, 6) is -0.385. The highest BCUT2D eigenvalue weighted by Crippen LogP contribution is 2.04. The van der Waals surface area contributed by atoms with Crippen molar-refractivity contribution in [2.45, 2.75) is 6.54 Å². The third kappa shape index (κ3) is 3.55. The first kappa shape index (κ1) is 12.5. The molecule has 0 fully saturated rings. The minimum absolute atomic E-state index is 0.0453. The van der Waals surface area contributed by atoms with E-state index in [9.17, 15) is 9.59 Å². The summed E-state index contributed by atoms with van der Waals surface area (Å²) in [6.45, 7) is 0.416. The van der Waals surface area contributed by atoms with Crippen molar-refractivity contribution in [3.8, 4) is 0 Å². The molecule has 16 heavy (non-hydrogen) atoms. The molecule has 0 aliphatic carbocycles. The lowest BCUT2D eigenvalue weighted by Gasteiger charge is -2.04. The number of hydrogen-bond donors (Lipinski definition) is 2. The summed E-state index contributed by atoms with van der Waals surface area (Å²) in [7, 11) is 1.58. The number of halogens is 1. The van der Waals surface area contributed by atoms with E-state index < -0.39 is 0 Å². The summed E-state index contributed by atoms with van der Waals surface area (Å²) in [6, 6.07) is 7.00. The van der Waals surface area contributed by atoms with Gasteiger partial charge in [0.15, 0.2) is 0 Å². The molecule has 0 saturated carbocycles. The van der Waals surface area contributed by atoms with Crippen molar-refractivity contribution >= 4 is 23.4 Å². The Hall–Kier alpha value is -1.55. The molecule has 1 aromatic carbocycles. The first-order chi connectivity index (χ1) is 7.67. The summed E-state index contributed by atoms with van der Waals surface area (Å²) >= 11 is 5.34. The maximum Gasteiger partial charge on any atom is 0.251 e. The normalized spacial score (nSPS) is 9.62. The van der Waals surface area contributed by atoms with Crippen LogP contribution in [-0.2, 0) is 11.3 Å². The van der Waals surface area contributed by atoms with Crippen molar-refractivity contribution in [1.29, 1.82) is 0 Å². The van der Waals surface area contributed by atoms with Crippen molar-refractivity contribution in [3.63, 3.8) is 0 Å². The van der Waals surface area contributed by atoms with Crippen LogP contribution in [0.15, 0.2) is 24.3 Å². The molecule has 0 aliphatic heterocycles. The molecule has 2 amide bonds. The molecule has 4 nitrogen and oxygen atoms in total. The van der Waals surface area contributed by atoms with Crippen LogP contribution < -0.4 is 10.6 Å². The molecule has 0 atom stereocenters. The Morgan fingerprint density at radius 1 is 1.25 bits per heavy atom. The molecular weight excluding hydrogens is 228 g/mol. The van der Waals surface area contributed by atoms with E-state index in [2.05, 4.69) is 10.6 Å². The van der Waals surface area contributed by atoms with Crippen molar-refractivity contribution in [2.75, 3.05) is 12.9 Å². The number of alkyl halides is 1. The first-order valence-electron chi connectivity index (χ1n) is 4.81. The van der Waals surface area contributed by atoms with Crippen LogP contribution in [0.2, 0.25) is 0 Å². The maximum absolute atomic E-state index is 11.2. The van der Waals surface area contributed by atoms with E-state index in [-0.39, 0.29) is 17.7 Å². The van der Waals surface area contributed by atoms with Gasteiger partial charge < -0.3 is 10.6 Å². The third-order valence-corrected chi connectivity index (χ3v) is 2.30. The van der Waals surface area contributed by atoms with Crippen LogP contribution in [0.3, 0.4) is 0 Å². The average Bonchev–Trinajstić information content (AvgIpc) is 2.35. The lowest BCUT2D eigenvalue weighted by molar-refractivity contribution is -0.118. The Labute approximate surface area is 99.0 Å². The number of benzene rings is 1. The van der Waals surface area contributed by atoms with Gasteiger partial charge in [-0.2, -0.15) is 0 Å². The smallest absolute Gasteiger partial charge is 0.251 e. The van der Waals surface area contributed by atoms with Gasteiger partial charge in [-0.25, -0.2) is 0 Å². The van der Waals surface area contributed by atoms with E-state index in [4.69, 9.17) is 11.6 Å². The number of amides is 2. The lowest BCUT2D eigenvalue weighted by Crippen LogP contribution is -2.23. The standard InChI is InChI=1S/C11H13ClN2O2/c1-13-11(16)9-4-2-8(3-5-9)7-14-10(15)6-12/h2-5H,6-7H2,1H3,(H,13,16)(H,14,15). The second-order valence-electron chi connectivity index (χ2n) is 3.19. The summed E-state index contributed by atoms with van der Waals surface area (Å²) in [4.78, 5) is 22.1. The lowest BCUT2D eigenvalue weighted by atomic mass is 10.1. The minimum atomic E-state index is -0.211. The third-order valence-electron chi connectivity index (χ3n) is 2.05. The van der Waals surface area contributed by atoms with Gasteiger partial charge in [0, 0.05) is 19.2 Å². The molecule has 2 N–H and O–H groups in total. The zero-order chi connectivity index (χ0) is 12.0. The highest BCUT2D eigenvalue weighted by Gasteiger charge is 2.03. The highest BCUT2D eigenvalue weighted by atomic mass is 35.5. The van der Waals surface area contributed by atoms with Crippen molar-refractivity contribution < 1.29 is 9.59 Å². The molecule has 5 heteroatoms. The molecule has 0 spiro atoms. The van der Waals surface area contributed by atoms with Gasteiger partial charge in [0.2, 0.25) is 5.91 Å². The van der Waals surface area contributed by atoms with Crippen LogP contribution in [0.1, 0.15) is 15.9 Å². The van der Waals surface area contributed by atoms with Gasteiger partial charge in [0.05, 0.1) is 0 Å². The molecule has 1 rings (SSSR count). The molecule has 0 aromatic heterocycles. The van der Waals surface area contributed by atoms with E-state index >= 15 is 0 Å². The number of carbonyl (C=O) groups excluding carboxylic acids is 2. The number of hydrogen-bond acceptors (Lipinski definition) is 2. The van der Waals surface area contributed by atoms with Gasteiger partial charge in [-0.05, 0) is 17.7 Å². The van der Waals surface area contributed by atoms with Crippen LogP contribution in [-0.4, -0.2) is 24.7 Å². The number of carbonyl (C=O) groups is 2. The predicted octanol–water partition coefficient (Wildman–Crippen LogP) is 0.901. The van der Waals surface area contributed by atoms with Crippen molar-refractivity contribution in [2.24, 2.45) is 0 Å². The molecular formula is C11H13ClN2O2. The van der Waals surface area contributed by atoms with Gasteiger partial charge in [-0.15, -0.1) is 11.6 Å². The zero-order valence-corrected chi connectivity index (χ0v) is 9.67. The van der Waals surface area contributed by atoms with E-state index in [1.54, 1.807) is 31.3 Å². The monoisotopic (exact) mass is 240 g/mol. The van der Waals surface area contributed by atoms with E-state index in [1.807, 2.05) is 0 Å². The van der Waals surface area contributed by atoms with Crippen LogP contribution in [0, 0.1) is 0 Å². The molecule has 0 heterocycles. The van der Waals surface area contributed by atoms with Gasteiger partial charge in [-0.1, -0.05) is 12.1 Å². The van der Waals surface area contributed by atoms with Gasteiger partial charge in [-0.3, -0.25) is 9.59 Å². The van der Waals surface area contributed by atoms with E-state index in [0.29, 0.717) is 12.1 Å². The van der Waals surface area contributed by atoms with E-state index in [1.165, 1.54) is 0 Å². The maximum atomic E-state index is 11.2. The van der Waals surface area contributed by atoms with Gasteiger partial charge in [0.25, 0.3) is 5.91 Å². The Morgan fingerprint density at radius 2 is 1.88 bits per heavy atom. The number of rotatable bonds is 4. The summed E-state index contributed by atoms with van der Waals surface area (Å²) < 4.78 is 0. The molecule has 86 valence electrons. The SMILES string of the molecule is CNC(=O)c1ccc(CNC(=O)CCl)cc1. The summed E-state index contributed by atoms with van der Waals surface area (Å²) in [5.41, 5.74) is 1.51. The molecule has 0 aliphatic rings. The van der Waals surface area contributed by atoms with Crippen LogP contribution in [0.4, 0.5) is 0 Å². The zero-order valence-electron chi connectivity index (χ0n) is 8.92. The molecule has 0 saturated heterocycles. The minimum Gasteiger partial charge on any atom is -0.355 e. The van der Waals surface area contributed by atoms with Gasteiger partial charge >= 0.3 is 0 Å². The second-order valence-corrected chi connectivity index (χ2v) is 3.45. The Morgan fingerprint density at radius 3 is 2.38 bits per heavy atom. The molecule has 0 unspecified atom stereocenters. The average molecular weight is 241 g/mol. The topological polar surface area (TPSA) is 58.2 Å². The van der Waals surface area contributed by atoms with E-state index in [0.717, 1.165) is 5.56 Å². The molecule has 0 bridgehead atoms. The molecule has 1 aromatic rings. The summed E-state index contributed by atoms with van der Waals surface area (Å²) in [6.07, 6.45) is 0. The van der Waals surface area contributed by atoms with Crippen molar-refractivity contribution in [3.05, 3.63) is 35.4 Å². The fraction of sp³-hybridized carbons (Fsp3) is 0.273. The fourth-order valence-electron chi connectivity index (χ4n) is 1.17. The second kappa shape index (κ2) is 6.12. The highest BCUT2D eigenvalue weighted by molar-refractivity contribution is 6.27. The number of nitrogens with one attached hydrogen (secondary N) is 2. The summed E-state index contributed by atoms with van der Waals surface area (Å²) in [5, 5.41) is 5.17. The molecule has 0 radical (unpaired) electrons. The Kier molecular flexibility index (Phi) is 4.79. The predicted molar refractivity (Wildman–Crippen MR) is 62.4 cm³/mol. The van der Waals surface area contributed by atoms with Crippen LogP contribution >= 0.6 is 11.6 Å². The van der Waals surface area contributed by atoms with Crippen molar-refractivity contribution in [1.82, 2.24) is 10.6 Å². The Bertz CT molecular complexity index is 376. The quantitative estimate of drug-likeness (QED) is 0.769. The largest absolute Gasteiger partial charge is 0.355 e. The fourth-order valence-corrected chi connectivity index (χ4v) is 1.26. The van der Waals surface area contributed by atoms with Crippen LogP contribution in [0.25, 0.3) is 0 Å². The Balaban J connectivity index is 2.58. The first-order valence-corrected chi connectivity index (χ1v) is 5.34. The van der Waals surface area contributed by atoms with Crippen LogP contribution in [0.5, 0.6) is 0 Å².